The second-order valence-electron chi connectivity index (χ2n) is 5.62. The molecule has 1 unspecified atom stereocenters. The molecule has 2 heterocycles. The van der Waals surface area contributed by atoms with E-state index in [4.69, 9.17) is 21.5 Å². The second kappa shape index (κ2) is 6.97. The highest BCUT2D eigenvalue weighted by Crippen LogP contribution is 2.42. The van der Waals surface area contributed by atoms with E-state index in [0.29, 0.717) is 11.1 Å². The number of aromatic nitrogens is 1. The summed E-state index contributed by atoms with van der Waals surface area (Å²) < 4.78 is 5.14. The van der Waals surface area contributed by atoms with Crippen molar-refractivity contribution in [1.82, 2.24) is 10.3 Å². The van der Waals surface area contributed by atoms with Crippen molar-refractivity contribution in [3.63, 3.8) is 0 Å². The number of non-ortho nitro benzene ring substituents is 1. The summed E-state index contributed by atoms with van der Waals surface area (Å²) in [6.45, 7) is 0. The molecule has 1 aromatic carbocycles. The van der Waals surface area contributed by atoms with Crippen molar-refractivity contribution in [3.8, 4) is 18.0 Å². The summed E-state index contributed by atoms with van der Waals surface area (Å²) in [5.74, 6) is 0.357. The largest absolute Gasteiger partial charge is 0.496 e. The zero-order chi connectivity index (χ0) is 20.4. The number of benzene rings is 1. The number of hydrogen-bond donors (Lipinski definition) is 4. The molecule has 12 nitrogen and oxygen atoms in total. The molecule has 1 aliphatic heterocycles. The van der Waals surface area contributed by atoms with Gasteiger partial charge in [0, 0.05) is 11.6 Å². The van der Waals surface area contributed by atoms with Gasteiger partial charge in [-0.3, -0.25) is 15.4 Å². The number of rotatable bonds is 3. The molecule has 28 heavy (non-hydrogen) atoms. The van der Waals surface area contributed by atoms with Crippen LogP contribution in [-0.4, -0.2) is 23.0 Å². The Kier molecular flexibility index (Phi) is 4.53. The number of hydrogen-bond acceptors (Lipinski definition) is 11. The molecule has 12 heteroatoms. The first-order valence-corrected chi connectivity index (χ1v) is 7.71. The molecular formula is C16H13N9O3. The molecule has 0 bridgehead atoms. The Balaban J connectivity index is 2.29. The van der Waals surface area contributed by atoms with Crippen molar-refractivity contribution in [2.45, 2.75) is 6.04 Å². The van der Waals surface area contributed by atoms with Gasteiger partial charge in [0.05, 0.1) is 23.8 Å². The normalized spacial score (nSPS) is 14.5. The minimum absolute atomic E-state index is 0.0326. The number of anilines is 3. The van der Waals surface area contributed by atoms with Crippen LogP contribution in [0.15, 0.2) is 23.2 Å². The Labute approximate surface area is 158 Å². The summed E-state index contributed by atoms with van der Waals surface area (Å²) in [5, 5.41) is 34.6. The molecule has 1 aliphatic rings. The van der Waals surface area contributed by atoms with Gasteiger partial charge in [0.25, 0.3) is 5.69 Å². The molecule has 6 N–H and O–H groups in total. The van der Waals surface area contributed by atoms with Crippen LogP contribution in [0.4, 0.5) is 23.0 Å². The zero-order valence-corrected chi connectivity index (χ0v) is 14.4. The number of nitro groups is 1. The van der Waals surface area contributed by atoms with E-state index in [1.165, 1.54) is 19.2 Å². The maximum atomic E-state index is 11.3. The van der Waals surface area contributed by atoms with E-state index in [-0.39, 0.29) is 40.3 Å². The number of pyridine rings is 1. The first-order valence-electron chi connectivity index (χ1n) is 7.71. The van der Waals surface area contributed by atoms with Crippen molar-refractivity contribution in [1.29, 1.82) is 10.5 Å². The van der Waals surface area contributed by atoms with E-state index in [9.17, 15) is 15.4 Å². The van der Waals surface area contributed by atoms with Crippen LogP contribution in [0.5, 0.6) is 5.75 Å². The lowest BCUT2D eigenvalue weighted by atomic mass is 9.94. The number of nitrogens with zero attached hydrogens (tertiary/aromatic N) is 5. The van der Waals surface area contributed by atoms with Gasteiger partial charge in [0.1, 0.15) is 35.1 Å². The Morgan fingerprint density at radius 3 is 2.71 bits per heavy atom. The highest BCUT2D eigenvalue weighted by Gasteiger charge is 2.31. The number of nitro benzene ring substituents is 1. The molecule has 0 fully saturated rings. The van der Waals surface area contributed by atoms with E-state index in [1.807, 2.05) is 6.07 Å². The second-order valence-corrected chi connectivity index (χ2v) is 5.62. The van der Waals surface area contributed by atoms with Gasteiger partial charge in [-0.25, -0.2) is 9.98 Å². The molecule has 0 saturated heterocycles. The van der Waals surface area contributed by atoms with Gasteiger partial charge in [-0.2, -0.15) is 10.5 Å². The Bertz CT molecular complexity index is 1100. The molecule has 3 rings (SSSR count). The average Bonchev–Trinajstić information content (AvgIpc) is 2.67. The first-order chi connectivity index (χ1) is 13.4. The lowest BCUT2D eigenvalue weighted by molar-refractivity contribution is -0.385. The number of ether oxygens (including phenoxy) is 1. The minimum Gasteiger partial charge on any atom is -0.496 e. The van der Waals surface area contributed by atoms with Gasteiger partial charge in [-0.1, -0.05) is 0 Å². The van der Waals surface area contributed by atoms with Gasteiger partial charge in [0.2, 0.25) is 5.96 Å². The van der Waals surface area contributed by atoms with Crippen molar-refractivity contribution < 1.29 is 9.66 Å². The van der Waals surface area contributed by atoms with Gasteiger partial charge in [0.15, 0.2) is 6.19 Å². The molecule has 0 aliphatic carbocycles. The molecule has 2 aromatic rings. The Hall–Kier alpha value is -4.58. The van der Waals surface area contributed by atoms with Crippen LogP contribution in [-0.2, 0) is 0 Å². The maximum Gasteiger partial charge on any atom is 0.273 e. The van der Waals surface area contributed by atoms with Crippen LogP contribution in [0.1, 0.15) is 22.7 Å². The monoisotopic (exact) mass is 379 g/mol. The van der Waals surface area contributed by atoms with Gasteiger partial charge in [-0.15, -0.1) is 0 Å². The van der Waals surface area contributed by atoms with E-state index < -0.39 is 11.0 Å². The van der Waals surface area contributed by atoms with Crippen LogP contribution < -0.4 is 26.8 Å². The van der Waals surface area contributed by atoms with Gasteiger partial charge < -0.3 is 21.5 Å². The van der Waals surface area contributed by atoms with Crippen LogP contribution in [0, 0.1) is 32.9 Å². The van der Waals surface area contributed by atoms with Gasteiger partial charge >= 0.3 is 0 Å². The first kappa shape index (κ1) is 18.2. The predicted molar refractivity (Wildman–Crippen MR) is 99.1 cm³/mol. The van der Waals surface area contributed by atoms with E-state index in [1.54, 1.807) is 12.3 Å². The van der Waals surface area contributed by atoms with Crippen LogP contribution in [0.2, 0.25) is 0 Å². The molecule has 0 spiro atoms. The van der Waals surface area contributed by atoms with Crippen molar-refractivity contribution in [3.05, 3.63) is 45.0 Å². The molecule has 1 aromatic heterocycles. The zero-order valence-electron chi connectivity index (χ0n) is 14.4. The summed E-state index contributed by atoms with van der Waals surface area (Å²) in [6, 6.07) is 5.09. The SMILES string of the molecule is COc1cc(C2N=C(NC#N)Nc3nc(N)c(C#N)c(N)c32)cc([N+](=O)[O-])c1. The lowest BCUT2D eigenvalue weighted by Gasteiger charge is -2.26. The van der Waals surface area contributed by atoms with Crippen LogP contribution in [0.25, 0.3) is 0 Å². The predicted octanol–water partition coefficient (Wildman–Crippen LogP) is 0.976. The van der Waals surface area contributed by atoms with E-state index in [0.717, 1.165) is 0 Å². The number of nitrogen functional groups attached to an aromatic ring is 2. The van der Waals surface area contributed by atoms with E-state index in [2.05, 4.69) is 20.6 Å². The highest BCUT2D eigenvalue weighted by molar-refractivity contribution is 5.98. The van der Waals surface area contributed by atoms with Crippen LogP contribution in [0.3, 0.4) is 0 Å². The fraction of sp³-hybridized carbons (Fsp3) is 0.125. The number of methoxy groups -OCH3 is 1. The molecule has 0 amide bonds. The fourth-order valence-corrected chi connectivity index (χ4v) is 2.81. The quantitative estimate of drug-likeness (QED) is 0.257. The number of fused-ring (bicyclic) bond motifs is 1. The highest BCUT2D eigenvalue weighted by atomic mass is 16.6. The number of guanidine groups is 1. The summed E-state index contributed by atoms with van der Waals surface area (Å²) in [4.78, 5) is 19.2. The molecule has 140 valence electrons. The number of nitrogens with one attached hydrogen (secondary N) is 2. The maximum absolute atomic E-state index is 11.3. The van der Waals surface area contributed by atoms with E-state index >= 15 is 0 Å². The van der Waals surface area contributed by atoms with Crippen LogP contribution >= 0.6 is 0 Å². The molecule has 1 atom stereocenters. The minimum atomic E-state index is -0.902. The molecule has 0 saturated carbocycles. The topological polar surface area (TPSA) is 201 Å². The number of aliphatic imine (C=N–C) groups is 1. The standard InChI is InChI=1S/C16H13N9O3/c1-28-9-3-7(2-8(4-9)25(26)27)13-11-12(19)10(5-17)14(20)23-15(11)24-16(22-13)21-6-18/h2-4,13H,1H3,(H6,19,20,21,22,23,24). The van der Waals surface area contributed by atoms with Crippen molar-refractivity contribution >= 4 is 29.0 Å². The summed E-state index contributed by atoms with van der Waals surface area (Å²) in [6.07, 6.45) is 1.73. The third kappa shape index (κ3) is 3.02. The Morgan fingerprint density at radius 1 is 1.36 bits per heavy atom. The number of nitrogens with two attached hydrogens (primary N) is 2. The summed E-state index contributed by atoms with van der Waals surface area (Å²) >= 11 is 0. The molecule has 0 radical (unpaired) electrons. The Morgan fingerprint density at radius 2 is 2.11 bits per heavy atom. The van der Waals surface area contributed by atoms with Crippen molar-refractivity contribution in [2.24, 2.45) is 4.99 Å². The third-order valence-electron chi connectivity index (χ3n) is 4.03. The lowest BCUT2D eigenvalue weighted by Crippen LogP contribution is -2.32. The average molecular weight is 379 g/mol. The third-order valence-corrected chi connectivity index (χ3v) is 4.03. The fourth-order valence-electron chi connectivity index (χ4n) is 2.81. The van der Waals surface area contributed by atoms with Gasteiger partial charge in [-0.05, 0) is 11.6 Å². The smallest absolute Gasteiger partial charge is 0.273 e. The summed E-state index contributed by atoms with van der Waals surface area (Å²) in [7, 11) is 1.37. The van der Waals surface area contributed by atoms with Crippen molar-refractivity contribution in [2.75, 3.05) is 23.9 Å². The molecular weight excluding hydrogens is 366 g/mol. The summed E-state index contributed by atoms with van der Waals surface area (Å²) in [5.41, 5.74) is 12.3. The number of nitriles is 2.